The summed E-state index contributed by atoms with van der Waals surface area (Å²) < 4.78 is 6.60. The van der Waals surface area contributed by atoms with Crippen LogP contribution in [0.2, 0.25) is 5.02 Å². The molecule has 4 rings (SSSR count). The Bertz CT molecular complexity index is 1080. The van der Waals surface area contributed by atoms with E-state index in [2.05, 4.69) is 5.10 Å². The molecule has 28 heavy (non-hydrogen) atoms. The SMILES string of the molecule is COC(=O)[C@H]1CN(C(=O)c2cnn(-c3cccc(Cl)c3)c2C)c2ccccc21. The van der Waals surface area contributed by atoms with Gasteiger partial charge in [0.2, 0.25) is 0 Å². The number of esters is 1. The fourth-order valence-electron chi connectivity index (χ4n) is 3.58. The summed E-state index contributed by atoms with van der Waals surface area (Å²) in [6, 6.07) is 14.7. The number of halogens is 1. The first-order valence-electron chi connectivity index (χ1n) is 8.80. The molecule has 142 valence electrons. The molecule has 0 bridgehead atoms. The number of hydrogen-bond donors (Lipinski definition) is 0. The zero-order chi connectivity index (χ0) is 19.8. The number of carbonyl (C=O) groups excluding carboxylic acids is 2. The van der Waals surface area contributed by atoms with Gasteiger partial charge < -0.3 is 9.64 Å². The average molecular weight is 396 g/mol. The predicted molar refractivity (Wildman–Crippen MR) is 106 cm³/mol. The molecule has 2 aromatic carbocycles. The molecule has 0 N–H and O–H groups in total. The maximum atomic E-state index is 13.3. The Kier molecular flexibility index (Phi) is 4.65. The Hall–Kier alpha value is -3.12. The van der Waals surface area contributed by atoms with Gasteiger partial charge in [0, 0.05) is 17.3 Å². The minimum Gasteiger partial charge on any atom is -0.468 e. The monoisotopic (exact) mass is 395 g/mol. The van der Waals surface area contributed by atoms with Crippen molar-refractivity contribution in [1.82, 2.24) is 9.78 Å². The van der Waals surface area contributed by atoms with Crippen LogP contribution < -0.4 is 4.90 Å². The van der Waals surface area contributed by atoms with Crippen molar-refractivity contribution < 1.29 is 14.3 Å². The van der Waals surface area contributed by atoms with E-state index in [0.717, 1.165) is 16.9 Å². The van der Waals surface area contributed by atoms with Crippen LogP contribution in [0.5, 0.6) is 0 Å². The first-order valence-corrected chi connectivity index (χ1v) is 9.18. The molecule has 0 radical (unpaired) electrons. The van der Waals surface area contributed by atoms with Crippen LogP contribution in [0.3, 0.4) is 0 Å². The molecular formula is C21H18ClN3O3. The van der Waals surface area contributed by atoms with E-state index in [9.17, 15) is 9.59 Å². The van der Waals surface area contributed by atoms with E-state index in [4.69, 9.17) is 16.3 Å². The fourth-order valence-corrected chi connectivity index (χ4v) is 3.76. The minimum atomic E-state index is -0.492. The van der Waals surface area contributed by atoms with Gasteiger partial charge in [0.05, 0.1) is 30.3 Å². The Morgan fingerprint density at radius 2 is 1.96 bits per heavy atom. The second kappa shape index (κ2) is 7.13. The number of amides is 1. The van der Waals surface area contributed by atoms with Crippen molar-refractivity contribution in [3.05, 3.63) is 76.6 Å². The van der Waals surface area contributed by atoms with Gasteiger partial charge >= 0.3 is 5.97 Å². The molecule has 1 amide bonds. The van der Waals surface area contributed by atoms with Gasteiger partial charge in [-0.3, -0.25) is 9.59 Å². The zero-order valence-corrected chi connectivity index (χ0v) is 16.2. The maximum absolute atomic E-state index is 13.3. The van der Waals surface area contributed by atoms with Crippen LogP contribution in [-0.4, -0.2) is 35.3 Å². The molecule has 3 aromatic rings. The van der Waals surface area contributed by atoms with Crippen LogP contribution in [0.4, 0.5) is 5.69 Å². The lowest BCUT2D eigenvalue weighted by atomic mass is 10.0. The molecule has 0 aliphatic carbocycles. The zero-order valence-electron chi connectivity index (χ0n) is 15.4. The normalized spacial score (nSPS) is 15.4. The summed E-state index contributed by atoms with van der Waals surface area (Å²) in [6.07, 6.45) is 1.55. The van der Waals surface area contributed by atoms with Crippen LogP contribution in [0.25, 0.3) is 5.69 Å². The smallest absolute Gasteiger partial charge is 0.315 e. The van der Waals surface area contributed by atoms with Crippen molar-refractivity contribution in [3.63, 3.8) is 0 Å². The number of aromatic nitrogens is 2. The third-order valence-corrected chi connectivity index (χ3v) is 5.23. The van der Waals surface area contributed by atoms with E-state index >= 15 is 0 Å². The van der Waals surface area contributed by atoms with Gasteiger partial charge in [-0.15, -0.1) is 0 Å². The molecular weight excluding hydrogens is 378 g/mol. The number of rotatable bonds is 3. The van der Waals surface area contributed by atoms with E-state index in [-0.39, 0.29) is 18.4 Å². The van der Waals surface area contributed by atoms with Crippen molar-refractivity contribution in [2.75, 3.05) is 18.6 Å². The quantitative estimate of drug-likeness (QED) is 0.633. The number of benzene rings is 2. The van der Waals surface area contributed by atoms with Gasteiger partial charge in [-0.05, 0) is 36.8 Å². The van der Waals surface area contributed by atoms with Gasteiger partial charge in [-0.1, -0.05) is 35.9 Å². The summed E-state index contributed by atoms with van der Waals surface area (Å²) >= 11 is 6.08. The van der Waals surface area contributed by atoms with E-state index in [1.54, 1.807) is 27.9 Å². The van der Waals surface area contributed by atoms with Crippen LogP contribution in [-0.2, 0) is 9.53 Å². The molecule has 0 saturated carbocycles. The van der Waals surface area contributed by atoms with Crippen molar-refractivity contribution in [3.8, 4) is 5.69 Å². The number of anilines is 1. The standard InChI is InChI=1S/C21H18ClN3O3/c1-13-17(11-23-25(13)15-7-5-6-14(22)10-15)20(26)24-12-18(21(27)28-2)16-8-3-4-9-19(16)24/h3-11,18H,12H2,1-2H3/t18-/m0/s1. The molecule has 0 spiro atoms. The van der Waals surface area contributed by atoms with Gasteiger partial charge in [0.25, 0.3) is 5.91 Å². The Morgan fingerprint density at radius 1 is 1.18 bits per heavy atom. The summed E-state index contributed by atoms with van der Waals surface area (Å²) in [5, 5.41) is 4.96. The van der Waals surface area contributed by atoms with Crippen molar-refractivity contribution in [1.29, 1.82) is 0 Å². The highest BCUT2D eigenvalue weighted by atomic mass is 35.5. The highest BCUT2D eigenvalue weighted by molar-refractivity contribution is 6.30. The molecule has 1 aliphatic heterocycles. The number of nitrogens with zero attached hydrogens (tertiary/aromatic N) is 3. The lowest BCUT2D eigenvalue weighted by Gasteiger charge is -2.17. The topological polar surface area (TPSA) is 64.4 Å². The maximum Gasteiger partial charge on any atom is 0.315 e. The third-order valence-electron chi connectivity index (χ3n) is 4.99. The molecule has 0 saturated heterocycles. The molecule has 0 unspecified atom stereocenters. The number of ether oxygens (including phenoxy) is 1. The van der Waals surface area contributed by atoms with Gasteiger partial charge in [-0.2, -0.15) is 5.10 Å². The average Bonchev–Trinajstić information content (AvgIpc) is 3.28. The van der Waals surface area contributed by atoms with E-state index in [0.29, 0.717) is 16.3 Å². The van der Waals surface area contributed by atoms with E-state index in [1.807, 2.05) is 43.3 Å². The largest absolute Gasteiger partial charge is 0.468 e. The molecule has 7 heteroatoms. The first-order chi connectivity index (χ1) is 13.5. The minimum absolute atomic E-state index is 0.204. The Morgan fingerprint density at radius 3 is 2.71 bits per heavy atom. The van der Waals surface area contributed by atoms with Gasteiger partial charge in [0.15, 0.2) is 0 Å². The van der Waals surface area contributed by atoms with Crippen molar-refractivity contribution in [2.45, 2.75) is 12.8 Å². The summed E-state index contributed by atoms with van der Waals surface area (Å²) in [7, 11) is 1.36. The molecule has 2 heterocycles. The number of methoxy groups -OCH3 is 1. The van der Waals surface area contributed by atoms with Crippen LogP contribution in [0.15, 0.2) is 54.7 Å². The molecule has 1 aliphatic rings. The lowest BCUT2D eigenvalue weighted by molar-refractivity contribution is -0.141. The van der Waals surface area contributed by atoms with Gasteiger partial charge in [-0.25, -0.2) is 4.68 Å². The third kappa shape index (κ3) is 2.96. The van der Waals surface area contributed by atoms with Crippen molar-refractivity contribution in [2.24, 2.45) is 0 Å². The summed E-state index contributed by atoms with van der Waals surface area (Å²) in [4.78, 5) is 27.1. The molecule has 6 nitrogen and oxygen atoms in total. The van der Waals surface area contributed by atoms with E-state index < -0.39 is 5.92 Å². The summed E-state index contributed by atoms with van der Waals surface area (Å²) in [6.45, 7) is 2.08. The van der Waals surface area contributed by atoms with Crippen LogP contribution >= 0.6 is 11.6 Å². The lowest BCUT2D eigenvalue weighted by Crippen LogP contribution is -2.31. The molecule has 0 fully saturated rings. The van der Waals surface area contributed by atoms with Gasteiger partial charge in [0.1, 0.15) is 5.92 Å². The van der Waals surface area contributed by atoms with Crippen molar-refractivity contribution >= 4 is 29.2 Å². The number of carbonyl (C=O) groups is 2. The first kappa shape index (κ1) is 18.3. The fraction of sp³-hybridized carbons (Fsp3) is 0.190. The highest BCUT2D eigenvalue weighted by Gasteiger charge is 2.38. The second-order valence-electron chi connectivity index (χ2n) is 6.59. The van der Waals surface area contributed by atoms with Crippen LogP contribution in [0.1, 0.15) is 27.5 Å². The number of fused-ring (bicyclic) bond motifs is 1. The molecule has 1 aromatic heterocycles. The second-order valence-corrected chi connectivity index (χ2v) is 7.02. The predicted octanol–water partition coefficient (Wildman–Crippen LogP) is 3.75. The van der Waals surface area contributed by atoms with E-state index in [1.165, 1.54) is 7.11 Å². The summed E-state index contributed by atoms with van der Waals surface area (Å²) in [5.74, 6) is -1.05. The molecule has 1 atom stereocenters. The highest BCUT2D eigenvalue weighted by Crippen LogP contribution is 2.38. The van der Waals surface area contributed by atoms with Crippen LogP contribution in [0, 0.1) is 6.92 Å². The number of hydrogen-bond acceptors (Lipinski definition) is 4. The summed E-state index contributed by atoms with van der Waals surface area (Å²) in [5.41, 5.74) is 3.46. The number of para-hydroxylation sites is 1. The Labute approximate surface area is 167 Å². The Balaban J connectivity index is 1.70.